The van der Waals surface area contributed by atoms with E-state index in [0.717, 1.165) is 24.3 Å². The number of benzene rings is 2. The van der Waals surface area contributed by atoms with Crippen molar-refractivity contribution >= 4 is 16.8 Å². The number of pyridine rings is 1. The van der Waals surface area contributed by atoms with E-state index < -0.39 is 41.7 Å². The average Bonchev–Trinajstić information content (AvgIpc) is 2.65. The van der Waals surface area contributed by atoms with E-state index in [1.165, 1.54) is 18.2 Å². The zero-order valence-electron chi connectivity index (χ0n) is 15.1. The number of alkyl halides is 3. The molecule has 0 radical (unpaired) electrons. The van der Waals surface area contributed by atoms with E-state index in [4.69, 9.17) is 0 Å². The molecule has 2 aromatic carbocycles. The third-order valence-electron chi connectivity index (χ3n) is 4.35. The van der Waals surface area contributed by atoms with Gasteiger partial charge in [0.2, 0.25) is 5.56 Å². The van der Waals surface area contributed by atoms with Crippen LogP contribution in [0.5, 0.6) is 0 Å². The molecule has 0 aliphatic carbocycles. The van der Waals surface area contributed by atoms with E-state index in [0.29, 0.717) is 5.56 Å². The Morgan fingerprint density at radius 2 is 1.93 bits per heavy atom. The Kier molecular flexibility index (Phi) is 5.43. The summed E-state index contributed by atoms with van der Waals surface area (Å²) in [5, 5.41) is 12.7. The van der Waals surface area contributed by atoms with Crippen molar-refractivity contribution in [3.05, 3.63) is 80.9 Å². The molecule has 5 nitrogen and oxygen atoms in total. The highest BCUT2D eigenvalue weighted by molar-refractivity contribution is 6.06. The number of aryl methyl sites for hydroxylation is 1. The minimum atomic E-state index is -4.56. The molecule has 0 spiro atoms. The Hall–Kier alpha value is -3.20. The SMILES string of the molecule is Cc1cc(F)c2[nH]c(=O)cc(C(=O)NCC(O)c3cccc(C(F)(F)F)c3)c2c1. The smallest absolute Gasteiger partial charge is 0.387 e. The number of carbonyl (C=O) groups excluding carboxylic acids is 1. The molecule has 1 aromatic heterocycles. The maximum Gasteiger partial charge on any atom is 0.416 e. The first-order valence-corrected chi connectivity index (χ1v) is 8.53. The molecular weight excluding hydrogens is 392 g/mol. The monoisotopic (exact) mass is 408 g/mol. The third-order valence-corrected chi connectivity index (χ3v) is 4.35. The predicted molar refractivity (Wildman–Crippen MR) is 98.0 cm³/mol. The van der Waals surface area contributed by atoms with Gasteiger partial charge in [-0.15, -0.1) is 0 Å². The molecule has 29 heavy (non-hydrogen) atoms. The average molecular weight is 408 g/mol. The second kappa shape index (κ2) is 7.67. The van der Waals surface area contributed by atoms with Crippen LogP contribution in [0.4, 0.5) is 17.6 Å². The molecule has 152 valence electrons. The van der Waals surface area contributed by atoms with Crippen LogP contribution in [-0.4, -0.2) is 22.5 Å². The summed E-state index contributed by atoms with van der Waals surface area (Å²) < 4.78 is 52.5. The normalized spacial score (nSPS) is 12.8. The molecule has 0 aliphatic heterocycles. The number of rotatable bonds is 4. The van der Waals surface area contributed by atoms with Crippen LogP contribution >= 0.6 is 0 Å². The van der Waals surface area contributed by atoms with Gasteiger partial charge in [-0.2, -0.15) is 13.2 Å². The summed E-state index contributed by atoms with van der Waals surface area (Å²) in [6.45, 7) is 1.22. The first-order chi connectivity index (χ1) is 13.6. The summed E-state index contributed by atoms with van der Waals surface area (Å²) in [4.78, 5) is 26.6. The number of hydrogen-bond donors (Lipinski definition) is 3. The minimum absolute atomic E-state index is 0.0298. The molecular formula is C20H16F4N2O3. The Morgan fingerprint density at radius 1 is 1.21 bits per heavy atom. The summed E-state index contributed by atoms with van der Waals surface area (Å²) in [6, 6.07) is 7.83. The van der Waals surface area contributed by atoms with Crippen molar-refractivity contribution in [2.75, 3.05) is 6.54 Å². The van der Waals surface area contributed by atoms with Crippen molar-refractivity contribution in [1.82, 2.24) is 10.3 Å². The fraction of sp³-hybridized carbons (Fsp3) is 0.200. The molecule has 1 heterocycles. The van der Waals surface area contributed by atoms with E-state index in [2.05, 4.69) is 10.3 Å². The fourth-order valence-electron chi connectivity index (χ4n) is 2.96. The van der Waals surface area contributed by atoms with Crippen molar-refractivity contribution in [2.24, 2.45) is 0 Å². The van der Waals surface area contributed by atoms with Crippen LogP contribution < -0.4 is 10.9 Å². The molecule has 1 amide bonds. The maximum atomic E-state index is 14.1. The van der Waals surface area contributed by atoms with Gasteiger partial charge in [-0.25, -0.2) is 4.39 Å². The zero-order chi connectivity index (χ0) is 21.3. The molecule has 3 rings (SSSR count). The summed E-state index contributed by atoms with van der Waals surface area (Å²) in [7, 11) is 0. The van der Waals surface area contributed by atoms with Gasteiger partial charge in [-0.1, -0.05) is 12.1 Å². The lowest BCUT2D eigenvalue weighted by Gasteiger charge is -2.15. The molecule has 0 fully saturated rings. The van der Waals surface area contributed by atoms with Crippen LogP contribution in [0.15, 0.2) is 47.3 Å². The topological polar surface area (TPSA) is 82.2 Å². The van der Waals surface area contributed by atoms with Crippen molar-refractivity contribution in [1.29, 1.82) is 0 Å². The number of aliphatic hydroxyl groups excluding tert-OH is 1. The van der Waals surface area contributed by atoms with Crippen molar-refractivity contribution in [2.45, 2.75) is 19.2 Å². The van der Waals surface area contributed by atoms with Gasteiger partial charge < -0.3 is 15.4 Å². The first-order valence-electron chi connectivity index (χ1n) is 8.53. The zero-order valence-corrected chi connectivity index (χ0v) is 15.1. The Morgan fingerprint density at radius 3 is 2.62 bits per heavy atom. The predicted octanol–water partition coefficient (Wildman–Crippen LogP) is 3.46. The summed E-state index contributed by atoms with van der Waals surface area (Å²) >= 11 is 0. The lowest BCUT2D eigenvalue weighted by Crippen LogP contribution is -2.29. The number of aliphatic hydroxyl groups is 1. The van der Waals surface area contributed by atoms with E-state index in [-0.39, 0.29) is 22.0 Å². The van der Waals surface area contributed by atoms with Crippen LogP contribution in [0, 0.1) is 12.7 Å². The lowest BCUT2D eigenvalue weighted by atomic mass is 10.0. The molecule has 0 aliphatic rings. The van der Waals surface area contributed by atoms with E-state index in [9.17, 15) is 32.3 Å². The van der Waals surface area contributed by atoms with Gasteiger partial charge >= 0.3 is 6.18 Å². The number of carbonyl (C=O) groups is 1. The number of hydrogen-bond acceptors (Lipinski definition) is 3. The highest BCUT2D eigenvalue weighted by Crippen LogP contribution is 2.30. The van der Waals surface area contributed by atoms with E-state index >= 15 is 0 Å². The van der Waals surface area contributed by atoms with Crippen LogP contribution in [0.1, 0.15) is 33.2 Å². The molecule has 3 aromatic rings. The third kappa shape index (κ3) is 4.45. The van der Waals surface area contributed by atoms with Crippen LogP contribution in [0.25, 0.3) is 10.9 Å². The molecule has 3 N–H and O–H groups in total. The van der Waals surface area contributed by atoms with E-state index in [1.54, 1.807) is 6.92 Å². The highest BCUT2D eigenvalue weighted by atomic mass is 19.4. The number of halogens is 4. The van der Waals surface area contributed by atoms with Gasteiger partial charge in [0.25, 0.3) is 5.91 Å². The molecule has 1 atom stereocenters. The van der Waals surface area contributed by atoms with Gasteiger partial charge in [0, 0.05) is 18.0 Å². The summed E-state index contributed by atoms with van der Waals surface area (Å²) in [6.07, 6.45) is -5.97. The Balaban J connectivity index is 1.84. The van der Waals surface area contributed by atoms with Crippen LogP contribution in [-0.2, 0) is 6.18 Å². The molecule has 0 saturated heterocycles. The van der Waals surface area contributed by atoms with Crippen LogP contribution in [0.3, 0.4) is 0 Å². The fourth-order valence-corrected chi connectivity index (χ4v) is 2.96. The van der Waals surface area contributed by atoms with Crippen molar-refractivity contribution < 1.29 is 27.5 Å². The van der Waals surface area contributed by atoms with Gasteiger partial charge in [-0.05, 0) is 42.3 Å². The van der Waals surface area contributed by atoms with Gasteiger partial charge in [0.15, 0.2) is 0 Å². The molecule has 9 heteroatoms. The van der Waals surface area contributed by atoms with Crippen LogP contribution in [0.2, 0.25) is 0 Å². The first kappa shape index (κ1) is 20.5. The second-order valence-corrected chi connectivity index (χ2v) is 6.57. The Labute approximate surface area is 162 Å². The quantitative estimate of drug-likeness (QED) is 0.579. The number of aromatic nitrogens is 1. The number of nitrogens with one attached hydrogen (secondary N) is 2. The molecule has 0 saturated carbocycles. The summed E-state index contributed by atoms with van der Waals surface area (Å²) in [5.74, 6) is -1.46. The van der Waals surface area contributed by atoms with Gasteiger partial charge in [0.05, 0.1) is 22.7 Å². The van der Waals surface area contributed by atoms with Crippen molar-refractivity contribution in [3.8, 4) is 0 Å². The number of H-pyrrole nitrogens is 1. The number of aromatic amines is 1. The van der Waals surface area contributed by atoms with E-state index in [1.807, 2.05) is 0 Å². The summed E-state index contributed by atoms with van der Waals surface area (Å²) in [5.41, 5.74) is -1.36. The van der Waals surface area contributed by atoms with Crippen molar-refractivity contribution in [3.63, 3.8) is 0 Å². The molecule has 0 bridgehead atoms. The number of fused-ring (bicyclic) bond motifs is 1. The number of amides is 1. The Bertz CT molecular complexity index is 1140. The standard InChI is InChI=1S/C20H16F4N2O3/c1-10-5-13-14(8-17(28)26-18(13)15(21)6-10)19(29)25-9-16(27)11-3-2-4-12(7-11)20(22,23)24/h2-8,16,27H,9H2,1H3,(H,25,29)(H,26,28). The second-order valence-electron chi connectivity index (χ2n) is 6.57. The van der Waals surface area contributed by atoms with Gasteiger partial charge in [-0.3, -0.25) is 9.59 Å². The largest absolute Gasteiger partial charge is 0.416 e. The highest BCUT2D eigenvalue weighted by Gasteiger charge is 2.30. The maximum absolute atomic E-state index is 14.1. The molecule has 1 unspecified atom stereocenters. The lowest BCUT2D eigenvalue weighted by molar-refractivity contribution is -0.137. The van der Waals surface area contributed by atoms with Gasteiger partial charge in [0.1, 0.15) is 5.82 Å². The minimum Gasteiger partial charge on any atom is -0.387 e.